The lowest BCUT2D eigenvalue weighted by molar-refractivity contribution is -0.148. The summed E-state index contributed by atoms with van der Waals surface area (Å²) in [7, 11) is 5.62. The zero-order valence-electron chi connectivity index (χ0n) is 37.3. The monoisotopic (exact) mass is 910 g/mol. The highest BCUT2D eigenvalue weighted by atomic mass is 35.5. The number of hydrogen-bond acceptors (Lipinski definition) is 8. The van der Waals surface area contributed by atoms with Gasteiger partial charge in [0.05, 0.1) is 44.8 Å². The van der Waals surface area contributed by atoms with Crippen molar-refractivity contribution in [2.24, 2.45) is 35.8 Å². The number of carboxylic acids is 1. The maximum absolute atomic E-state index is 13.9. The molecule has 4 bridgehead atoms. The van der Waals surface area contributed by atoms with Crippen LogP contribution in [0.5, 0.6) is 0 Å². The summed E-state index contributed by atoms with van der Waals surface area (Å²) < 4.78 is 9.41. The number of nitrogens with zero attached hydrogens (tertiary/aromatic N) is 6. The van der Waals surface area contributed by atoms with Crippen LogP contribution < -0.4 is 10.6 Å². The molecule has 0 unspecified atom stereocenters. The van der Waals surface area contributed by atoms with Crippen molar-refractivity contribution in [1.82, 2.24) is 28.9 Å². The average molecular weight is 912 g/mol. The Morgan fingerprint density at radius 2 is 1.14 bits per heavy atom. The molecule has 2 aromatic carbocycles. The first-order valence-electron chi connectivity index (χ1n) is 23.2. The molecule has 0 radical (unpaired) electrons. The zero-order chi connectivity index (χ0) is 44.6. The Bertz CT molecular complexity index is 2510. The molecular formula is C49H60Cl2N8O5. The third-order valence-electron chi connectivity index (χ3n) is 16.8. The van der Waals surface area contributed by atoms with E-state index in [1.165, 1.54) is 38.5 Å². The van der Waals surface area contributed by atoms with Crippen LogP contribution >= 0.6 is 23.2 Å². The fraction of sp³-hybridized carbons (Fsp3) is 0.571. The number of aromatic nitrogens is 4. The number of imidazole rings is 2. The Balaban J connectivity index is 0.776. The van der Waals surface area contributed by atoms with Crippen LogP contribution in [0.3, 0.4) is 0 Å². The van der Waals surface area contributed by atoms with E-state index in [2.05, 4.69) is 20.4 Å². The van der Waals surface area contributed by atoms with Gasteiger partial charge in [0.25, 0.3) is 11.8 Å². The molecule has 0 spiro atoms. The number of carbonyl (C=O) groups excluding carboxylic acids is 2. The highest BCUT2D eigenvalue weighted by Crippen LogP contribution is 2.64. The van der Waals surface area contributed by atoms with Gasteiger partial charge in [-0.1, -0.05) is 47.5 Å². The van der Waals surface area contributed by atoms with Gasteiger partial charge in [0.15, 0.2) is 11.6 Å². The number of methoxy groups -OCH3 is 1. The van der Waals surface area contributed by atoms with E-state index in [1.807, 2.05) is 54.6 Å². The lowest BCUT2D eigenvalue weighted by Crippen LogP contribution is -2.34. The summed E-state index contributed by atoms with van der Waals surface area (Å²) in [6, 6.07) is 10.8. The molecule has 2 aromatic heterocycles. The first-order chi connectivity index (χ1) is 30.7. The molecule has 340 valence electrons. The molecular weight excluding hydrogens is 851 g/mol. The van der Waals surface area contributed by atoms with Crippen molar-refractivity contribution >= 4 is 52.4 Å². The van der Waals surface area contributed by atoms with Gasteiger partial charge in [0.2, 0.25) is 0 Å². The number of ether oxygens (including phenoxy) is 1. The second-order valence-corrected chi connectivity index (χ2v) is 21.2. The van der Waals surface area contributed by atoms with E-state index in [1.54, 1.807) is 12.1 Å². The predicted molar refractivity (Wildman–Crippen MR) is 247 cm³/mol. The van der Waals surface area contributed by atoms with Crippen LogP contribution in [-0.2, 0) is 49.6 Å². The van der Waals surface area contributed by atoms with Crippen molar-refractivity contribution in [1.29, 1.82) is 0 Å². The summed E-state index contributed by atoms with van der Waals surface area (Å²) >= 11 is 14.1. The number of fused-ring (bicyclic) bond motifs is 6. The van der Waals surface area contributed by atoms with E-state index in [9.17, 15) is 19.5 Å². The van der Waals surface area contributed by atoms with Crippen LogP contribution in [0.25, 0.3) is 11.1 Å². The molecule has 3 N–H and O–H groups in total. The van der Waals surface area contributed by atoms with Crippen molar-refractivity contribution in [3.8, 4) is 11.1 Å². The number of nitrogens with one attached hydrogen (secondary N) is 2. The summed E-state index contributed by atoms with van der Waals surface area (Å²) in [5.41, 5.74) is 6.50. The third-order valence-corrected chi connectivity index (χ3v) is 17.6. The summed E-state index contributed by atoms with van der Waals surface area (Å²) in [5, 5.41) is 16.5. The number of aliphatic carboxylic acids is 1. The Morgan fingerprint density at radius 3 is 1.59 bits per heavy atom. The van der Waals surface area contributed by atoms with Crippen molar-refractivity contribution in [3.05, 3.63) is 80.9 Å². The Kier molecular flexibility index (Phi) is 11.3. The van der Waals surface area contributed by atoms with Gasteiger partial charge in [-0.2, -0.15) is 0 Å². The molecule has 4 aromatic rings. The molecule has 4 fully saturated rings. The average Bonchev–Trinajstić information content (AvgIpc) is 4.15. The van der Waals surface area contributed by atoms with Crippen molar-refractivity contribution in [3.63, 3.8) is 0 Å². The van der Waals surface area contributed by atoms with Gasteiger partial charge in [-0.05, 0) is 119 Å². The fourth-order valence-electron chi connectivity index (χ4n) is 13.0. The van der Waals surface area contributed by atoms with Crippen molar-refractivity contribution in [2.45, 2.75) is 103 Å². The van der Waals surface area contributed by atoms with Crippen LogP contribution in [0.4, 0.5) is 11.4 Å². The molecule has 2 aliphatic heterocycles. The number of rotatable bonds is 14. The minimum absolute atomic E-state index is 0.132. The highest BCUT2D eigenvalue weighted by molar-refractivity contribution is 6.40. The molecule has 10 rings (SSSR count). The number of carbonyl (C=O) groups is 3. The van der Waals surface area contributed by atoms with E-state index < -0.39 is 11.4 Å². The first-order valence-corrected chi connectivity index (χ1v) is 24.0. The Labute approximate surface area is 385 Å². The van der Waals surface area contributed by atoms with Gasteiger partial charge in [-0.15, -0.1) is 0 Å². The molecule has 2 amide bonds. The van der Waals surface area contributed by atoms with E-state index in [4.69, 9.17) is 37.9 Å². The van der Waals surface area contributed by atoms with Crippen LogP contribution in [-0.4, -0.2) is 91.7 Å². The first kappa shape index (κ1) is 43.6. The van der Waals surface area contributed by atoms with Crippen LogP contribution in [0.2, 0.25) is 10.0 Å². The normalized spacial score (nSPS) is 27.2. The van der Waals surface area contributed by atoms with E-state index in [0.29, 0.717) is 61.6 Å². The van der Waals surface area contributed by atoms with Crippen molar-refractivity contribution < 1.29 is 24.2 Å². The highest BCUT2D eigenvalue weighted by Gasteiger charge is 2.58. The zero-order valence-corrected chi connectivity index (χ0v) is 38.8. The van der Waals surface area contributed by atoms with Gasteiger partial charge >= 0.3 is 5.97 Å². The van der Waals surface area contributed by atoms with Gasteiger partial charge in [0, 0.05) is 82.7 Å². The number of carboxylic acid groups (broad SMARTS) is 1. The van der Waals surface area contributed by atoms with Gasteiger partial charge in [-0.3, -0.25) is 24.2 Å². The SMILES string of the molecule is COCC12CCC(CCN3CCc4c(nc(C(=O)Nc5cccc(-c6cccc(NC(=O)c7nc8c(n7C)CCN(CCC79CCC(C(=O)O)(CC7)C9)C8)c6Cl)c5Cl)n4C)C3)(CC1)C2. The fourth-order valence-corrected chi connectivity index (χ4v) is 13.6. The molecule has 64 heavy (non-hydrogen) atoms. The van der Waals surface area contributed by atoms with Crippen molar-refractivity contribution in [2.75, 3.05) is 50.5 Å². The molecule has 0 atom stereocenters. The van der Waals surface area contributed by atoms with Crippen LogP contribution in [0, 0.1) is 21.7 Å². The van der Waals surface area contributed by atoms with Gasteiger partial charge in [0.1, 0.15) is 0 Å². The quantitative estimate of drug-likeness (QED) is 0.113. The van der Waals surface area contributed by atoms with E-state index in [-0.39, 0.29) is 17.2 Å². The molecule has 4 aliphatic carbocycles. The van der Waals surface area contributed by atoms with Crippen LogP contribution in [0.1, 0.15) is 121 Å². The standard InChI is InChI=1S/C49H60Cl2N8O5/c1-56-37-10-22-58(24-20-46-12-14-48(28-46,15-13-46)30-64-3)26-35(37)52-41(56)43(60)54-33-8-4-6-31(39(33)50)32-7-5-9-34(40(32)51)55-44(61)42-53-36-27-59(23-11-38(36)57(42)2)25-21-47-16-18-49(29-47,19-17-47)45(62)63/h4-9H,10-30H2,1-3H3,(H,54,60)(H,55,61)(H,62,63). The molecule has 4 heterocycles. The Hall–Kier alpha value is -4.27. The Morgan fingerprint density at radius 1 is 0.688 bits per heavy atom. The molecule has 13 nitrogen and oxygen atoms in total. The predicted octanol–water partition coefficient (Wildman–Crippen LogP) is 8.76. The van der Waals surface area contributed by atoms with Gasteiger partial charge < -0.3 is 29.6 Å². The maximum atomic E-state index is 13.9. The molecule has 0 saturated heterocycles. The van der Waals surface area contributed by atoms with Crippen LogP contribution in [0.15, 0.2) is 36.4 Å². The summed E-state index contributed by atoms with van der Waals surface area (Å²) in [5.74, 6) is -0.676. The minimum atomic E-state index is -0.626. The number of halogens is 2. The second kappa shape index (κ2) is 16.6. The molecule has 15 heteroatoms. The number of anilines is 2. The number of amides is 2. The summed E-state index contributed by atoms with van der Waals surface area (Å²) in [6.45, 7) is 6.02. The van der Waals surface area contributed by atoms with Gasteiger partial charge in [-0.25, -0.2) is 9.97 Å². The lowest BCUT2D eigenvalue weighted by Gasteiger charge is -2.32. The maximum Gasteiger partial charge on any atom is 0.309 e. The number of hydrogen-bond donors (Lipinski definition) is 3. The lowest BCUT2D eigenvalue weighted by atomic mass is 9.80. The van der Waals surface area contributed by atoms with E-state index in [0.717, 1.165) is 113 Å². The summed E-state index contributed by atoms with van der Waals surface area (Å²) in [6.07, 6.45) is 14.6. The van der Waals surface area contributed by atoms with E-state index >= 15 is 0 Å². The second-order valence-electron chi connectivity index (χ2n) is 20.4. The molecule has 4 saturated carbocycles. The topological polar surface area (TPSA) is 147 Å². The number of benzene rings is 2. The third kappa shape index (κ3) is 7.66. The smallest absolute Gasteiger partial charge is 0.309 e. The summed E-state index contributed by atoms with van der Waals surface area (Å²) in [4.78, 5) is 54.3. The minimum Gasteiger partial charge on any atom is -0.481 e. The largest absolute Gasteiger partial charge is 0.481 e. The molecule has 6 aliphatic rings.